The van der Waals surface area contributed by atoms with Gasteiger partial charge in [-0.15, -0.1) is 11.3 Å². The van der Waals surface area contributed by atoms with E-state index in [0.717, 1.165) is 30.6 Å². The summed E-state index contributed by atoms with van der Waals surface area (Å²) >= 11 is 1.58. The maximum absolute atomic E-state index is 12.6. The zero-order valence-corrected chi connectivity index (χ0v) is 16.3. The van der Waals surface area contributed by atoms with Crippen LogP contribution in [0.5, 0.6) is 0 Å². The molecule has 1 fully saturated rings. The molecule has 0 spiro atoms. The molecule has 0 bridgehead atoms. The van der Waals surface area contributed by atoms with Crippen molar-refractivity contribution in [1.82, 2.24) is 19.7 Å². The largest absolute Gasteiger partial charge is 0.324 e. The molecule has 1 N–H and O–H groups in total. The van der Waals surface area contributed by atoms with Crippen LogP contribution in [0, 0.1) is 0 Å². The molecule has 0 radical (unpaired) electrons. The fourth-order valence-corrected chi connectivity index (χ4v) is 4.64. The maximum Gasteiger partial charge on any atom is 0.324 e. The van der Waals surface area contributed by atoms with E-state index in [2.05, 4.69) is 15.4 Å². The molecule has 2 aromatic rings. The van der Waals surface area contributed by atoms with E-state index in [4.69, 9.17) is 0 Å². The number of nitrogens with zero attached hydrogens (tertiary/aromatic N) is 5. The van der Waals surface area contributed by atoms with Crippen LogP contribution in [0.1, 0.15) is 36.3 Å². The molecule has 0 atom stereocenters. The van der Waals surface area contributed by atoms with E-state index in [-0.39, 0.29) is 18.5 Å². The van der Waals surface area contributed by atoms with Crippen molar-refractivity contribution in [1.29, 1.82) is 0 Å². The van der Waals surface area contributed by atoms with Crippen molar-refractivity contribution < 1.29 is 9.59 Å². The van der Waals surface area contributed by atoms with Gasteiger partial charge in [0.1, 0.15) is 6.54 Å². The van der Waals surface area contributed by atoms with E-state index in [0.29, 0.717) is 18.2 Å². The minimum Gasteiger partial charge on any atom is -0.313 e. The summed E-state index contributed by atoms with van der Waals surface area (Å²) in [5, 5.41) is 7.65. The number of amides is 3. The van der Waals surface area contributed by atoms with Crippen molar-refractivity contribution in [2.24, 2.45) is 7.05 Å². The van der Waals surface area contributed by atoms with Gasteiger partial charge in [0.05, 0.1) is 17.6 Å². The molecule has 144 valence electrons. The third-order valence-electron chi connectivity index (χ3n) is 5.07. The van der Waals surface area contributed by atoms with Gasteiger partial charge >= 0.3 is 6.03 Å². The third kappa shape index (κ3) is 3.97. The minimum absolute atomic E-state index is 0.0613. The van der Waals surface area contributed by atoms with Crippen LogP contribution in [0.25, 0.3) is 0 Å². The standard InChI is InChI=1S/C18H24N6O2S/c1-22-11-13(10-19-22)24-9-8-23(12-16(24)25)18(26)21-17-20-14-6-4-2-3-5-7-15(14)27-17/h10-11H,2-9,12H2,1H3,(H,20,21,26). The topological polar surface area (TPSA) is 83.4 Å². The van der Waals surface area contributed by atoms with Crippen LogP contribution in [0.3, 0.4) is 0 Å². The fraction of sp³-hybridized carbons (Fsp3) is 0.556. The first-order valence-corrected chi connectivity index (χ1v) is 10.3. The Labute approximate surface area is 162 Å². The predicted molar refractivity (Wildman–Crippen MR) is 104 cm³/mol. The van der Waals surface area contributed by atoms with E-state index >= 15 is 0 Å². The highest BCUT2D eigenvalue weighted by Gasteiger charge is 2.29. The Morgan fingerprint density at radius 2 is 2.00 bits per heavy atom. The molecule has 1 aliphatic heterocycles. The monoisotopic (exact) mass is 388 g/mol. The Balaban J connectivity index is 1.38. The average Bonchev–Trinajstić information content (AvgIpc) is 3.21. The van der Waals surface area contributed by atoms with E-state index < -0.39 is 0 Å². The Kier molecular flexibility index (Phi) is 5.11. The molecule has 2 aromatic heterocycles. The molecule has 3 amide bonds. The van der Waals surface area contributed by atoms with Crippen molar-refractivity contribution in [2.75, 3.05) is 29.9 Å². The second-order valence-electron chi connectivity index (χ2n) is 7.07. The molecule has 27 heavy (non-hydrogen) atoms. The SMILES string of the molecule is Cn1cc(N2CCN(C(=O)Nc3nc4c(s3)CCCCCC4)CC2=O)cn1. The number of piperazine rings is 1. The predicted octanol–water partition coefficient (Wildman–Crippen LogP) is 2.42. The number of aryl methyl sites for hydroxylation is 3. The van der Waals surface area contributed by atoms with Gasteiger partial charge in [0.2, 0.25) is 5.91 Å². The van der Waals surface area contributed by atoms with Crippen molar-refractivity contribution >= 4 is 34.1 Å². The summed E-state index contributed by atoms with van der Waals surface area (Å²) < 4.78 is 1.66. The van der Waals surface area contributed by atoms with Crippen molar-refractivity contribution in [3.8, 4) is 0 Å². The lowest BCUT2D eigenvalue weighted by molar-refractivity contribution is -0.120. The van der Waals surface area contributed by atoms with Gasteiger partial charge in [-0.25, -0.2) is 9.78 Å². The van der Waals surface area contributed by atoms with Crippen LogP contribution in [-0.4, -0.2) is 51.2 Å². The Bertz CT molecular complexity index is 819. The number of rotatable bonds is 2. The molecule has 3 heterocycles. The number of carbonyl (C=O) groups is 2. The van der Waals surface area contributed by atoms with E-state index in [1.165, 1.54) is 24.1 Å². The van der Waals surface area contributed by atoms with Crippen LogP contribution in [0.4, 0.5) is 15.6 Å². The zero-order valence-electron chi connectivity index (χ0n) is 15.5. The molecule has 9 heteroatoms. The molecule has 0 aromatic carbocycles. The minimum atomic E-state index is -0.254. The highest BCUT2D eigenvalue weighted by atomic mass is 32.1. The van der Waals surface area contributed by atoms with Gasteiger partial charge < -0.3 is 9.80 Å². The Morgan fingerprint density at radius 1 is 1.19 bits per heavy atom. The lowest BCUT2D eigenvalue weighted by atomic mass is 10.0. The molecule has 2 aliphatic rings. The first kappa shape index (κ1) is 18.0. The fourth-order valence-electron chi connectivity index (χ4n) is 3.60. The first-order chi connectivity index (χ1) is 13.1. The van der Waals surface area contributed by atoms with Gasteiger partial charge in [0.15, 0.2) is 5.13 Å². The lowest BCUT2D eigenvalue weighted by Crippen LogP contribution is -2.53. The highest BCUT2D eigenvalue weighted by molar-refractivity contribution is 7.15. The van der Waals surface area contributed by atoms with Gasteiger partial charge in [-0.3, -0.25) is 14.8 Å². The number of hydrogen-bond acceptors (Lipinski definition) is 5. The van der Waals surface area contributed by atoms with Crippen molar-refractivity contribution in [3.05, 3.63) is 23.0 Å². The summed E-state index contributed by atoms with van der Waals surface area (Å²) in [4.78, 5) is 34.2. The number of thiazole rings is 1. The normalized spacial score (nSPS) is 18.0. The van der Waals surface area contributed by atoms with Crippen molar-refractivity contribution in [2.45, 2.75) is 38.5 Å². The number of carbonyl (C=O) groups excluding carboxylic acids is 2. The number of aromatic nitrogens is 3. The van der Waals surface area contributed by atoms with Crippen LogP contribution in [-0.2, 0) is 24.7 Å². The number of fused-ring (bicyclic) bond motifs is 1. The smallest absolute Gasteiger partial charge is 0.313 e. The zero-order chi connectivity index (χ0) is 18.8. The molecule has 0 unspecified atom stereocenters. The molecule has 8 nitrogen and oxygen atoms in total. The van der Waals surface area contributed by atoms with Gasteiger partial charge in [-0.2, -0.15) is 5.10 Å². The van der Waals surface area contributed by atoms with Gasteiger partial charge in [-0.05, 0) is 25.7 Å². The quantitative estimate of drug-likeness (QED) is 0.856. The summed E-state index contributed by atoms with van der Waals surface area (Å²) in [7, 11) is 1.81. The van der Waals surface area contributed by atoms with Gasteiger partial charge in [-0.1, -0.05) is 12.8 Å². The van der Waals surface area contributed by atoms with Crippen molar-refractivity contribution in [3.63, 3.8) is 0 Å². The third-order valence-corrected chi connectivity index (χ3v) is 6.14. The highest BCUT2D eigenvalue weighted by Crippen LogP contribution is 2.28. The summed E-state index contributed by atoms with van der Waals surface area (Å²) in [6.07, 6.45) is 10.4. The second kappa shape index (κ2) is 7.67. The maximum atomic E-state index is 12.6. The van der Waals surface area contributed by atoms with Crippen LogP contribution < -0.4 is 10.2 Å². The van der Waals surface area contributed by atoms with Gasteiger partial charge in [0.25, 0.3) is 0 Å². The molecule has 0 saturated carbocycles. The molecule has 1 aliphatic carbocycles. The second-order valence-corrected chi connectivity index (χ2v) is 8.16. The van der Waals surface area contributed by atoms with Crippen LogP contribution in [0.2, 0.25) is 0 Å². The number of urea groups is 1. The summed E-state index contributed by atoms with van der Waals surface area (Å²) in [5.74, 6) is -0.101. The van der Waals surface area contributed by atoms with E-state index in [9.17, 15) is 9.59 Å². The lowest BCUT2D eigenvalue weighted by Gasteiger charge is -2.33. The van der Waals surface area contributed by atoms with E-state index in [1.807, 2.05) is 7.05 Å². The van der Waals surface area contributed by atoms with Gasteiger partial charge in [0, 0.05) is 31.2 Å². The number of hydrogen-bond donors (Lipinski definition) is 1. The Hall–Kier alpha value is -2.42. The Morgan fingerprint density at radius 3 is 2.74 bits per heavy atom. The van der Waals surface area contributed by atoms with Crippen LogP contribution in [0.15, 0.2) is 12.4 Å². The van der Waals surface area contributed by atoms with Crippen LogP contribution >= 0.6 is 11.3 Å². The molecule has 1 saturated heterocycles. The summed E-state index contributed by atoms with van der Waals surface area (Å²) in [6, 6.07) is -0.254. The molecular formula is C18H24N6O2S. The van der Waals surface area contributed by atoms with E-state index in [1.54, 1.807) is 38.2 Å². The summed E-state index contributed by atoms with van der Waals surface area (Å²) in [6.45, 7) is 1.01. The molecular weight excluding hydrogens is 364 g/mol. The average molecular weight is 388 g/mol. The first-order valence-electron chi connectivity index (χ1n) is 9.43. The molecule has 4 rings (SSSR count). The number of anilines is 2. The summed E-state index contributed by atoms with van der Waals surface area (Å²) in [5.41, 5.74) is 1.90. The number of nitrogens with one attached hydrogen (secondary N) is 1.